The number of rotatable bonds is 4. The molecule has 9 nitrogen and oxygen atoms in total. The zero-order chi connectivity index (χ0) is 25.0. The van der Waals surface area contributed by atoms with Gasteiger partial charge in [-0.2, -0.15) is 8.42 Å². The van der Waals surface area contributed by atoms with Gasteiger partial charge in [0.2, 0.25) is 0 Å². The lowest BCUT2D eigenvalue weighted by molar-refractivity contribution is -0.178. The number of carbonyl (C=O) groups excluding carboxylic acids is 3. The average molecular weight is 486 g/mol. The molecule has 1 aliphatic heterocycles. The van der Waals surface area contributed by atoms with E-state index in [9.17, 15) is 22.8 Å². The van der Waals surface area contributed by atoms with Gasteiger partial charge >= 0.3 is 5.97 Å². The Morgan fingerprint density at radius 3 is 2.27 bits per heavy atom. The molecule has 2 bridgehead atoms. The van der Waals surface area contributed by atoms with Crippen LogP contribution in [-0.4, -0.2) is 56.3 Å². The third-order valence-corrected chi connectivity index (χ3v) is 8.88. The summed E-state index contributed by atoms with van der Waals surface area (Å²) in [5.74, 6) is -2.31. The van der Waals surface area contributed by atoms with Crippen LogP contribution in [0.4, 0.5) is 0 Å². The van der Waals surface area contributed by atoms with Crippen molar-refractivity contribution in [2.75, 3.05) is 13.4 Å². The minimum atomic E-state index is -3.92. The summed E-state index contributed by atoms with van der Waals surface area (Å²) in [4.78, 5) is 35.2. The van der Waals surface area contributed by atoms with Crippen LogP contribution in [0.15, 0.2) is 12.2 Å². The third-order valence-electron chi connectivity index (χ3n) is 8.46. The number of amides is 2. The van der Waals surface area contributed by atoms with Gasteiger partial charge in [-0.15, -0.1) is 9.35 Å². The van der Waals surface area contributed by atoms with Gasteiger partial charge in [-0.3, -0.25) is 14.4 Å². The van der Waals surface area contributed by atoms with Gasteiger partial charge in [0.25, 0.3) is 21.9 Å². The van der Waals surface area contributed by atoms with E-state index in [1.54, 1.807) is 12.2 Å². The van der Waals surface area contributed by atoms with Gasteiger partial charge in [-0.05, 0) is 38.0 Å². The van der Waals surface area contributed by atoms with E-state index in [2.05, 4.69) is 32.0 Å². The highest BCUT2D eigenvalue weighted by molar-refractivity contribution is 7.85. The number of methoxy groups -OCH3 is 1. The molecule has 7 unspecified atom stereocenters. The van der Waals surface area contributed by atoms with E-state index >= 15 is 0 Å². The maximum atomic E-state index is 12.0. The van der Waals surface area contributed by atoms with E-state index < -0.39 is 39.9 Å². The summed E-state index contributed by atoms with van der Waals surface area (Å²) in [5.41, 5.74) is 0.303. The topological polar surface area (TPSA) is 116 Å². The second-order valence-electron chi connectivity index (χ2n) is 10.6. The molecule has 10 heteroatoms. The molecule has 0 radical (unpaired) electrons. The van der Waals surface area contributed by atoms with Gasteiger partial charge in [0, 0.05) is 25.4 Å². The van der Waals surface area contributed by atoms with Gasteiger partial charge < -0.3 is 9.47 Å². The molecule has 0 N–H and O–H groups in total. The van der Waals surface area contributed by atoms with Gasteiger partial charge in [0.05, 0.1) is 24.2 Å². The SMILES string of the molecule is CC(=O)OC1(C)C(C)C2(C)CCC1(C)C2.COC1C=CCC2C(=O)N(OS(C)(=O)=O)C(=O)C12. The van der Waals surface area contributed by atoms with Gasteiger partial charge in [-0.25, -0.2) is 0 Å². The fraction of sp³-hybridized carbons (Fsp3) is 0.783. The van der Waals surface area contributed by atoms with Crippen molar-refractivity contribution in [3.05, 3.63) is 12.2 Å². The predicted octanol–water partition coefficient (Wildman–Crippen LogP) is 2.61. The number of nitrogens with zero attached hydrogens (tertiary/aromatic N) is 1. The Hall–Kier alpha value is -1.78. The molecule has 186 valence electrons. The van der Waals surface area contributed by atoms with Crippen molar-refractivity contribution in [1.29, 1.82) is 0 Å². The number of esters is 1. The minimum Gasteiger partial charge on any atom is -0.459 e. The van der Waals surface area contributed by atoms with Crippen LogP contribution < -0.4 is 0 Å². The smallest absolute Gasteiger partial charge is 0.303 e. The van der Waals surface area contributed by atoms with Gasteiger partial charge in [-0.1, -0.05) is 32.9 Å². The van der Waals surface area contributed by atoms with Gasteiger partial charge in [0.15, 0.2) is 0 Å². The molecule has 3 aliphatic carbocycles. The highest BCUT2D eigenvalue weighted by atomic mass is 32.2. The first kappa shape index (κ1) is 25.8. The molecule has 2 amide bonds. The Morgan fingerprint density at radius 2 is 1.79 bits per heavy atom. The number of imide groups is 1. The summed E-state index contributed by atoms with van der Waals surface area (Å²) in [7, 11) is -2.49. The van der Waals surface area contributed by atoms with E-state index in [0.29, 0.717) is 22.8 Å². The van der Waals surface area contributed by atoms with E-state index in [0.717, 1.165) is 6.26 Å². The minimum absolute atomic E-state index is 0.137. The normalized spacial score (nSPS) is 41.6. The molecule has 1 heterocycles. The van der Waals surface area contributed by atoms with E-state index in [4.69, 9.17) is 9.47 Å². The Labute approximate surface area is 195 Å². The Balaban J connectivity index is 0.000000189. The summed E-state index contributed by atoms with van der Waals surface area (Å²) in [5, 5.41) is 0.337. The standard InChI is InChI=1S/C13H22O2.C10H13NO6S/c1-9-11(3)6-7-12(4,8-11)13(9,5)15-10(2)14;1-16-7-5-3-4-6-8(7)10(13)11(9(6)12)17-18(2,14)15/h9H,6-8H2,1-5H3;3,5-8H,4H2,1-2H3. The van der Waals surface area contributed by atoms with Crippen LogP contribution in [0, 0.1) is 28.6 Å². The van der Waals surface area contributed by atoms with Crippen molar-refractivity contribution in [1.82, 2.24) is 5.06 Å². The lowest BCUT2D eigenvalue weighted by atomic mass is 9.66. The molecular formula is C23H35NO8S. The van der Waals surface area contributed by atoms with Crippen molar-refractivity contribution < 1.29 is 36.6 Å². The second-order valence-corrected chi connectivity index (χ2v) is 12.1. The molecule has 3 fully saturated rings. The number of hydrogen-bond donors (Lipinski definition) is 0. The van der Waals surface area contributed by atoms with Crippen molar-refractivity contribution in [3.63, 3.8) is 0 Å². The zero-order valence-corrected chi connectivity index (χ0v) is 21.2. The summed E-state index contributed by atoms with van der Waals surface area (Å²) < 4.78 is 37.3. The lowest BCUT2D eigenvalue weighted by Gasteiger charge is -2.46. The maximum Gasteiger partial charge on any atom is 0.303 e. The number of ether oxygens (including phenoxy) is 2. The first-order chi connectivity index (χ1) is 15.1. The van der Waals surface area contributed by atoms with E-state index in [-0.39, 0.29) is 17.0 Å². The van der Waals surface area contributed by atoms with Crippen molar-refractivity contribution in [3.8, 4) is 0 Å². The number of hydroxylamine groups is 2. The molecule has 4 rings (SSSR count). The predicted molar refractivity (Wildman–Crippen MR) is 119 cm³/mol. The summed E-state index contributed by atoms with van der Waals surface area (Å²) in [6.45, 7) is 10.5. The molecule has 33 heavy (non-hydrogen) atoms. The molecule has 2 saturated carbocycles. The van der Waals surface area contributed by atoms with Crippen LogP contribution in [0.3, 0.4) is 0 Å². The number of allylic oxidation sites excluding steroid dienone is 1. The molecule has 0 aromatic carbocycles. The fourth-order valence-corrected chi connectivity index (χ4v) is 6.79. The van der Waals surface area contributed by atoms with Crippen molar-refractivity contribution in [2.24, 2.45) is 28.6 Å². The fourth-order valence-electron chi connectivity index (χ4n) is 6.37. The average Bonchev–Trinajstić information content (AvgIpc) is 3.21. The lowest BCUT2D eigenvalue weighted by Crippen LogP contribution is -2.50. The monoisotopic (exact) mass is 485 g/mol. The number of hydrogen-bond acceptors (Lipinski definition) is 8. The Kier molecular flexibility index (Phi) is 6.62. The number of carbonyl (C=O) groups is 3. The first-order valence-corrected chi connectivity index (χ1v) is 13.1. The summed E-state index contributed by atoms with van der Waals surface area (Å²) in [6, 6.07) is 0. The summed E-state index contributed by atoms with van der Waals surface area (Å²) in [6.07, 6.45) is 7.72. The molecule has 0 spiro atoms. The van der Waals surface area contributed by atoms with Crippen LogP contribution in [0.25, 0.3) is 0 Å². The highest BCUT2D eigenvalue weighted by Crippen LogP contribution is 2.69. The molecule has 7 atom stereocenters. The molecule has 1 saturated heterocycles. The van der Waals surface area contributed by atoms with Crippen LogP contribution in [0.5, 0.6) is 0 Å². The molecular weight excluding hydrogens is 450 g/mol. The summed E-state index contributed by atoms with van der Waals surface area (Å²) >= 11 is 0. The highest BCUT2D eigenvalue weighted by Gasteiger charge is 2.67. The third kappa shape index (κ3) is 4.37. The molecule has 0 aromatic heterocycles. The van der Waals surface area contributed by atoms with E-state index in [1.165, 1.54) is 33.3 Å². The first-order valence-electron chi connectivity index (χ1n) is 11.2. The number of fused-ring (bicyclic) bond motifs is 3. The largest absolute Gasteiger partial charge is 0.459 e. The van der Waals surface area contributed by atoms with Crippen molar-refractivity contribution >= 4 is 27.9 Å². The maximum absolute atomic E-state index is 12.0. The van der Waals surface area contributed by atoms with Gasteiger partial charge in [0.1, 0.15) is 5.60 Å². The quantitative estimate of drug-likeness (QED) is 0.339. The second kappa shape index (κ2) is 8.46. The van der Waals surface area contributed by atoms with Crippen LogP contribution >= 0.6 is 0 Å². The van der Waals surface area contributed by atoms with E-state index in [1.807, 2.05) is 0 Å². The molecule has 4 aliphatic rings. The molecule has 0 aromatic rings. The van der Waals surface area contributed by atoms with Crippen LogP contribution in [0.1, 0.15) is 60.3 Å². The zero-order valence-electron chi connectivity index (χ0n) is 20.4. The Morgan fingerprint density at radius 1 is 1.15 bits per heavy atom. The van der Waals surface area contributed by atoms with Crippen molar-refractivity contribution in [2.45, 2.75) is 72.0 Å². The van der Waals surface area contributed by atoms with Crippen LogP contribution in [-0.2, 0) is 38.3 Å². The Bertz CT molecular complexity index is 977. The van der Waals surface area contributed by atoms with Crippen LogP contribution in [0.2, 0.25) is 0 Å².